The zero-order chi connectivity index (χ0) is 28.2. The molecule has 0 aliphatic rings. The van der Waals surface area contributed by atoms with Crippen LogP contribution in [0.15, 0.2) is 66.7 Å². The number of nitrogens with zero attached hydrogens (tertiary/aromatic N) is 4. The molecule has 9 nitrogen and oxygen atoms in total. The summed E-state index contributed by atoms with van der Waals surface area (Å²) in [7, 11) is 3.00. The van der Waals surface area contributed by atoms with Crippen LogP contribution in [0.4, 0.5) is 10.1 Å². The smallest absolute Gasteiger partial charge is 0.249 e. The molecule has 1 heterocycles. The number of carbonyl (C=O) groups is 2. The highest BCUT2D eigenvalue weighted by Crippen LogP contribution is 2.36. The third-order valence-corrected chi connectivity index (χ3v) is 6.66. The van der Waals surface area contributed by atoms with Gasteiger partial charge in [0, 0.05) is 16.8 Å². The molecule has 204 valence electrons. The maximum absolute atomic E-state index is 14.1. The lowest BCUT2D eigenvalue weighted by Crippen LogP contribution is -2.51. The number of hydrogen-bond donors (Lipinski definition) is 1. The van der Waals surface area contributed by atoms with E-state index in [9.17, 15) is 14.0 Å². The van der Waals surface area contributed by atoms with Gasteiger partial charge in [-0.1, -0.05) is 24.3 Å². The summed E-state index contributed by atoms with van der Waals surface area (Å²) in [4.78, 5) is 29.6. The molecular formula is C29H32FN5O4. The molecule has 0 aliphatic carbocycles. The van der Waals surface area contributed by atoms with Crippen molar-refractivity contribution in [3.05, 3.63) is 78.1 Å². The summed E-state index contributed by atoms with van der Waals surface area (Å²) < 4.78 is 26.5. The monoisotopic (exact) mass is 533 g/mol. The van der Waals surface area contributed by atoms with E-state index in [1.165, 1.54) is 48.1 Å². The minimum absolute atomic E-state index is 0.217. The Hall–Kier alpha value is -4.47. The van der Waals surface area contributed by atoms with E-state index < -0.39 is 29.2 Å². The van der Waals surface area contributed by atoms with E-state index in [0.717, 1.165) is 0 Å². The fourth-order valence-corrected chi connectivity index (χ4v) is 4.22. The molecule has 2 amide bonds. The average molecular weight is 534 g/mol. The quantitative estimate of drug-likeness (QED) is 0.318. The molecule has 1 N–H and O–H groups in total. The number of methoxy groups -OCH3 is 2. The first kappa shape index (κ1) is 27.6. The van der Waals surface area contributed by atoms with Crippen molar-refractivity contribution in [2.75, 3.05) is 19.1 Å². The molecule has 0 spiro atoms. The molecule has 0 bridgehead atoms. The highest BCUT2D eigenvalue weighted by molar-refractivity contribution is 6.02. The van der Waals surface area contributed by atoms with Crippen molar-refractivity contribution in [2.45, 2.75) is 45.3 Å². The second-order valence-corrected chi connectivity index (χ2v) is 9.71. The normalized spacial score (nSPS) is 12.2. The predicted octanol–water partition coefficient (Wildman–Crippen LogP) is 4.67. The maximum atomic E-state index is 14.1. The fraction of sp³-hybridized carbons (Fsp3) is 0.310. The molecule has 0 saturated heterocycles. The van der Waals surface area contributed by atoms with Gasteiger partial charge in [0.05, 0.1) is 19.7 Å². The number of ether oxygens (including phenoxy) is 2. The summed E-state index contributed by atoms with van der Waals surface area (Å²) in [5.74, 6) is -0.505. The van der Waals surface area contributed by atoms with E-state index in [1.54, 1.807) is 24.3 Å². The van der Waals surface area contributed by atoms with Crippen molar-refractivity contribution < 1.29 is 23.5 Å². The number of rotatable bonds is 10. The van der Waals surface area contributed by atoms with Crippen molar-refractivity contribution in [2.24, 2.45) is 0 Å². The Balaban J connectivity index is 1.89. The van der Waals surface area contributed by atoms with Crippen molar-refractivity contribution in [3.63, 3.8) is 0 Å². The van der Waals surface area contributed by atoms with E-state index in [0.29, 0.717) is 40.2 Å². The first-order valence-electron chi connectivity index (χ1n) is 12.6. The fourth-order valence-electron chi connectivity index (χ4n) is 4.22. The molecule has 1 aromatic heterocycles. The summed E-state index contributed by atoms with van der Waals surface area (Å²) in [6, 6.07) is 16.5. The third kappa shape index (κ3) is 6.00. The van der Waals surface area contributed by atoms with Crippen molar-refractivity contribution in [1.29, 1.82) is 0 Å². The number of nitrogens with one attached hydrogen (secondary N) is 1. The Morgan fingerprint density at radius 2 is 1.77 bits per heavy atom. The molecular weight excluding hydrogens is 501 g/mol. The van der Waals surface area contributed by atoms with E-state index in [2.05, 4.69) is 15.6 Å². The highest BCUT2D eigenvalue weighted by Gasteiger charge is 2.37. The molecule has 0 fully saturated rings. The number of carbonyl (C=O) groups excluding carboxylic acids is 2. The second-order valence-electron chi connectivity index (χ2n) is 9.71. The first-order valence-corrected chi connectivity index (χ1v) is 12.6. The van der Waals surface area contributed by atoms with Gasteiger partial charge in [0.25, 0.3) is 0 Å². The summed E-state index contributed by atoms with van der Waals surface area (Å²) >= 11 is 0. The number of anilines is 1. The van der Waals surface area contributed by atoms with Gasteiger partial charge in [0.15, 0.2) is 0 Å². The summed E-state index contributed by atoms with van der Waals surface area (Å²) in [6.07, 6.45) is 0.649. The first-order chi connectivity index (χ1) is 18.7. The minimum Gasteiger partial charge on any atom is -0.497 e. The van der Waals surface area contributed by atoms with Crippen LogP contribution in [0.3, 0.4) is 0 Å². The van der Waals surface area contributed by atoms with Gasteiger partial charge in [0.1, 0.15) is 35.4 Å². The Morgan fingerprint density at radius 3 is 2.44 bits per heavy atom. The number of benzene rings is 3. The minimum atomic E-state index is -1.19. The van der Waals surface area contributed by atoms with Gasteiger partial charge < -0.3 is 14.8 Å². The van der Waals surface area contributed by atoms with E-state index in [4.69, 9.17) is 9.47 Å². The van der Waals surface area contributed by atoms with Gasteiger partial charge in [-0.25, -0.2) is 9.07 Å². The lowest BCUT2D eigenvalue weighted by molar-refractivity contribution is -0.128. The molecule has 0 aliphatic heterocycles. The molecule has 4 rings (SSSR count). The van der Waals surface area contributed by atoms with E-state index in [1.807, 2.05) is 39.0 Å². The Bertz CT molecular complexity index is 1470. The molecule has 0 saturated carbocycles. The standard InChI is InChI=1S/C29H32FN5O4/c1-6-29(2,3)31-28(37)27(22-17-21(38-4)15-16-25(22)39-5)35(20-13-11-19(30)12-14-20)26(36)18-34-24-10-8-7-9-23(24)32-33-34/h7-17,27H,6,18H2,1-5H3,(H,31,37)/t27-/m1/s1. The zero-order valence-corrected chi connectivity index (χ0v) is 22.6. The van der Waals surface area contributed by atoms with Crippen LogP contribution < -0.4 is 19.7 Å². The number of fused-ring (bicyclic) bond motifs is 1. The maximum Gasteiger partial charge on any atom is 0.249 e. The summed E-state index contributed by atoms with van der Waals surface area (Å²) in [6.45, 7) is 5.54. The van der Waals surface area contributed by atoms with Crippen LogP contribution in [0, 0.1) is 5.82 Å². The van der Waals surface area contributed by atoms with Crippen LogP contribution in [-0.4, -0.2) is 46.6 Å². The number of hydrogen-bond acceptors (Lipinski definition) is 6. The molecule has 4 aromatic rings. The van der Waals surface area contributed by atoms with Crippen LogP contribution >= 0.6 is 0 Å². The predicted molar refractivity (Wildman–Crippen MR) is 146 cm³/mol. The summed E-state index contributed by atoms with van der Waals surface area (Å²) in [5.41, 5.74) is 1.46. The largest absolute Gasteiger partial charge is 0.497 e. The zero-order valence-electron chi connectivity index (χ0n) is 22.6. The topological polar surface area (TPSA) is 98.6 Å². The van der Waals surface area contributed by atoms with Crippen molar-refractivity contribution >= 4 is 28.5 Å². The van der Waals surface area contributed by atoms with Crippen molar-refractivity contribution in [3.8, 4) is 11.5 Å². The number of halogens is 1. The third-order valence-electron chi connectivity index (χ3n) is 6.66. The van der Waals surface area contributed by atoms with Gasteiger partial charge in [-0.15, -0.1) is 5.10 Å². The van der Waals surface area contributed by atoms with Gasteiger partial charge in [0.2, 0.25) is 11.8 Å². The van der Waals surface area contributed by atoms with Crippen LogP contribution in [-0.2, 0) is 16.1 Å². The molecule has 3 aromatic carbocycles. The number of amides is 2. The second kappa shape index (κ2) is 11.5. The van der Waals surface area contributed by atoms with Crippen LogP contribution in [0.25, 0.3) is 11.0 Å². The lowest BCUT2D eigenvalue weighted by atomic mass is 9.97. The van der Waals surface area contributed by atoms with Crippen LogP contribution in [0.5, 0.6) is 11.5 Å². The molecule has 39 heavy (non-hydrogen) atoms. The molecule has 1 atom stereocenters. The highest BCUT2D eigenvalue weighted by atomic mass is 19.1. The van der Waals surface area contributed by atoms with Gasteiger partial charge in [-0.05, 0) is 74.9 Å². The Morgan fingerprint density at radius 1 is 1.05 bits per heavy atom. The summed E-state index contributed by atoms with van der Waals surface area (Å²) in [5, 5.41) is 11.4. The van der Waals surface area contributed by atoms with Gasteiger partial charge >= 0.3 is 0 Å². The SMILES string of the molecule is CCC(C)(C)NC(=O)[C@@H](c1cc(OC)ccc1OC)N(C(=O)Cn1nnc2ccccc21)c1ccc(F)cc1. The average Bonchev–Trinajstić information content (AvgIpc) is 3.34. The van der Waals surface area contributed by atoms with Gasteiger partial charge in [-0.2, -0.15) is 0 Å². The number of para-hydroxylation sites is 1. The van der Waals surface area contributed by atoms with E-state index >= 15 is 0 Å². The molecule has 10 heteroatoms. The van der Waals surface area contributed by atoms with Crippen LogP contribution in [0.1, 0.15) is 38.8 Å². The molecule has 0 unspecified atom stereocenters. The number of aromatic nitrogens is 3. The lowest BCUT2D eigenvalue weighted by Gasteiger charge is -2.35. The van der Waals surface area contributed by atoms with Gasteiger partial charge in [-0.3, -0.25) is 14.5 Å². The van der Waals surface area contributed by atoms with Crippen LogP contribution in [0.2, 0.25) is 0 Å². The Labute approximate surface area is 226 Å². The van der Waals surface area contributed by atoms with Crippen molar-refractivity contribution in [1.82, 2.24) is 20.3 Å². The Kier molecular flexibility index (Phi) is 8.13. The molecule has 0 radical (unpaired) electrons. The van der Waals surface area contributed by atoms with E-state index in [-0.39, 0.29) is 6.54 Å².